The molecular weight excluding hydrogens is 182 g/mol. The average Bonchev–Trinajstić information content (AvgIpc) is 2.19. The molecule has 1 atom stereocenters. The van der Waals surface area contributed by atoms with Gasteiger partial charge in [0.15, 0.2) is 0 Å². The Morgan fingerprint density at radius 3 is 2.79 bits per heavy atom. The van der Waals surface area contributed by atoms with E-state index in [-0.39, 0.29) is 0 Å². The van der Waals surface area contributed by atoms with E-state index in [1.165, 1.54) is 6.33 Å². The number of nitrogens with two attached hydrogens (primary N) is 1. The molecule has 0 amide bonds. The molecule has 0 aliphatic rings. The zero-order chi connectivity index (χ0) is 10.4. The molecule has 0 fully saturated rings. The van der Waals surface area contributed by atoms with Gasteiger partial charge in [0, 0.05) is 18.8 Å². The summed E-state index contributed by atoms with van der Waals surface area (Å²) in [5.74, 6) is -0.392. The molecule has 0 aromatic carbocycles. The molecule has 1 aromatic rings. The van der Waals surface area contributed by atoms with Crippen LogP contribution in [0.5, 0.6) is 0 Å². The van der Waals surface area contributed by atoms with Gasteiger partial charge in [-0.1, -0.05) is 0 Å². The van der Waals surface area contributed by atoms with Crippen LogP contribution in [0, 0.1) is 0 Å². The van der Waals surface area contributed by atoms with Crippen molar-refractivity contribution in [1.82, 2.24) is 9.97 Å². The van der Waals surface area contributed by atoms with Crippen molar-refractivity contribution >= 4 is 5.97 Å². The molecule has 1 heterocycles. The van der Waals surface area contributed by atoms with Gasteiger partial charge < -0.3 is 10.5 Å². The number of aromatic nitrogens is 2. The van der Waals surface area contributed by atoms with Crippen LogP contribution in [0.15, 0.2) is 18.7 Å². The van der Waals surface area contributed by atoms with E-state index in [1.807, 2.05) is 0 Å². The average molecular weight is 195 g/mol. The minimum atomic E-state index is -0.638. The van der Waals surface area contributed by atoms with E-state index in [1.54, 1.807) is 19.3 Å². The minimum absolute atomic E-state index is 0.345. The van der Waals surface area contributed by atoms with Crippen LogP contribution in [-0.2, 0) is 16.0 Å². The zero-order valence-corrected chi connectivity index (χ0v) is 8.01. The molecule has 0 spiro atoms. The monoisotopic (exact) mass is 195 g/mol. The van der Waals surface area contributed by atoms with Gasteiger partial charge >= 0.3 is 5.97 Å². The van der Waals surface area contributed by atoms with Crippen molar-refractivity contribution in [3.63, 3.8) is 0 Å². The van der Waals surface area contributed by atoms with E-state index in [2.05, 4.69) is 9.97 Å². The Kier molecular flexibility index (Phi) is 4.00. The quantitative estimate of drug-likeness (QED) is 0.679. The molecule has 1 rings (SSSR count). The molecular formula is C9H13N3O2. The second-order valence-corrected chi connectivity index (χ2v) is 2.81. The Morgan fingerprint density at radius 2 is 2.21 bits per heavy atom. The summed E-state index contributed by atoms with van der Waals surface area (Å²) in [4.78, 5) is 18.8. The SMILES string of the molecule is CCOC(=O)[C@@H](N)Cc1cncnc1. The van der Waals surface area contributed by atoms with Gasteiger partial charge in [0.1, 0.15) is 12.4 Å². The van der Waals surface area contributed by atoms with Crippen LogP contribution in [0.1, 0.15) is 12.5 Å². The van der Waals surface area contributed by atoms with Gasteiger partial charge in [-0.05, 0) is 12.5 Å². The smallest absolute Gasteiger partial charge is 0.323 e. The summed E-state index contributed by atoms with van der Waals surface area (Å²) in [6.07, 6.45) is 5.09. The fourth-order valence-electron chi connectivity index (χ4n) is 1.02. The van der Waals surface area contributed by atoms with E-state index in [9.17, 15) is 4.79 Å². The summed E-state index contributed by atoms with van der Waals surface area (Å²) >= 11 is 0. The van der Waals surface area contributed by atoms with Crippen molar-refractivity contribution < 1.29 is 9.53 Å². The number of carbonyl (C=O) groups excluding carboxylic acids is 1. The lowest BCUT2D eigenvalue weighted by Gasteiger charge is -2.09. The summed E-state index contributed by atoms with van der Waals surface area (Å²) in [6.45, 7) is 2.09. The molecule has 76 valence electrons. The van der Waals surface area contributed by atoms with E-state index in [0.29, 0.717) is 13.0 Å². The highest BCUT2D eigenvalue weighted by molar-refractivity contribution is 5.75. The lowest BCUT2D eigenvalue weighted by molar-refractivity contribution is -0.144. The van der Waals surface area contributed by atoms with E-state index in [4.69, 9.17) is 10.5 Å². The predicted molar refractivity (Wildman–Crippen MR) is 50.3 cm³/mol. The maximum atomic E-state index is 11.2. The van der Waals surface area contributed by atoms with Crippen molar-refractivity contribution in [1.29, 1.82) is 0 Å². The number of rotatable bonds is 4. The molecule has 2 N–H and O–H groups in total. The first-order chi connectivity index (χ1) is 6.74. The maximum Gasteiger partial charge on any atom is 0.323 e. The van der Waals surface area contributed by atoms with Gasteiger partial charge in [-0.15, -0.1) is 0 Å². The Labute approximate surface area is 82.3 Å². The maximum absolute atomic E-state index is 11.2. The van der Waals surface area contributed by atoms with Crippen LogP contribution < -0.4 is 5.73 Å². The summed E-state index contributed by atoms with van der Waals surface area (Å²) in [5, 5.41) is 0. The fraction of sp³-hybridized carbons (Fsp3) is 0.444. The topological polar surface area (TPSA) is 78.1 Å². The Bertz CT molecular complexity index is 289. The van der Waals surface area contributed by atoms with Crippen LogP contribution in [0.3, 0.4) is 0 Å². The standard InChI is InChI=1S/C9H13N3O2/c1-2-14-9(13)8(10)3-7-4-11-6-12-5-7/h4-6,8H,2-3,10H2,1H3/t8-/m0/s1. The van der Waals surface area contributed by atoms with Crippen LogP contribution in [0.4, 0.5) is 0 Å². The van der Waals surface area contributed by atoms with Gasteiger partial charge in [0.2, 0.25) is 0 Å². The lowest BCUT2D eigenvalue weighted by Crippen LogP contribution is -2.34. The normalized spacial score (nSPS) is 12.1. The van der Waals surface area contributed by atoms with Crippen molar-refractivity contribution in [3.05, 3.63) is 24.3 Å². The van der Waals surface area contributed by atoms with Crippen LogP contribution in [0.2, 0.25) is 0 Å². The molecule has 0 bridgehead atoms. The first kappa shape index (κ1) is 10.6. The number of carbonyl (C=O) groups is 1. The van der Waals surface area contributed by atoms with Crippen LogP contribution in [0.25, 0.3) is 0 Å². The van der Waals surface area contributed by atoms with Crippen molar-refractivity contribution in [2.75, 3.05) is 6.61 Å². The zero-order valence-electron chi connectivity index (χ0n) is 8.01. The molecule has 1 aromatic heterocycles. The first-order valence-corrected chi connectivity index (χ1v) is 4.40. The third-order valence-corrected chi connectivity index (χ3v) is 1.66. The number of esters is 1. The second kappa shape index (κ2) is 5.29. The fourth-order valence-corrected chi connectivity index (χ4v) is 1.02. The molecule has 0 saturated carbocycles. The molecule has 5 heteroatoms. The van der Waals surface area contributed by atoms with Crippen molar-refractivity contribution in [2.24, 2.45) is 5.73 Å². The molecule has 0 radical (unpaired) electrons. The molecule has 14 heavy (non-hydrogen) atoms. The summed E-state index contributed by atoms with van der Waals surface area (Å²) in [6, 6.07) is -0.638. The molecule has 0 unspecified atom stereocenters. The van der Waals surface area contributed by atoms with Gasteiger partial charge in [-0.25, -0.2) is 9.97 Å². The van der Waals surface area contributed by atoms with E-state index >= 15 is 0 Å². The summed E-state index contributed by atoms with van der Waals surface area (Å²) in [7, 11) is 0. The number of hydrogen-bond donors (Lipinski definition) is 1. The number of nitrogens with zero attached hydrogens (tertiary/aromatic N) is 2. The Hall–Kier alpha value is -1.49. The predicted octanol–water partition coefficient (Wildman–Crippen LogP) is -0.0905. The van der Waals surface area contributed by atoms with Gasteiger partial charge in [-0.3, -0.25) is 4.79 Å². The van der Waals surface area contributed by atoms with Gasteiger partial charge in [-0.2, -0.15) is 0 Å². The summed E-state index contributed by atoms with van der Waals surface area (Å²) < 4.78 is 4.77. The van der Waals surface area contributed by atoms with Crippen LogP contribution in [-0.4, -0.2) is 28.6 Å². The number of hydrogen-bond acceptors (Lipinski definition) is 5. The molecule has 0 saturated heterocycles. The Morgan fingerprint density at radius 1 is 1.57 bits per heavy atom. The van der Waals surface area contributed by atoms with Crippen LogP contribution >= 0.6 is 0 Å². The highest BCUT2D eigenvalue weighted by atomic mass is 16.5. The van der Waals surface area contributed by atoms with Crippen molar-refractivity contribution in [3.8, 4) is 0 Å². The van der Waals surface area contributed by atoms with Gasteiger partial charge in [0.25, 0.3) is 0 Å². The molecule has 0 aliphatic carbocycles. The first-order valence-electron chi connectivity index (χ1n) is 4.40. The van der Waals surface area contributed by atoms with E-state index in [0.717, 1.165) is 5.56 Å². The van der Waals surface area contributed by atoms with Gasteiger partial charge in [0.05, 0.1) is 6.61 Å². The minimum Gasteiger partial charge on any atom is -0.465 e. The second-order valence-electron chi connectivity index (χ2n) is 2.81. The number of ether oxygens (including phenoxy) is 1. The molecule has 5 nitrogen and oxygen atoms in total. The Balaban J connectivity index is 2.49. The largest absolute Gasteiger partial charge is 0.465 e. The van der Waals surface area contributed by atoms with Crippen molar-refractivity contribution in [2.45, 2.75) is 19.4 Å². The third kappa shape index (κ3) is 3.10. The highest BCUT2D eigenvalue weighted by Crippen LogP contribution is 1.99. The van der Waals surface area contributed by atoms with E-state index < -0.39 is 12.0 Å². The highest BCUT2D eigenvalue weighted by Gasteiger charge is 2.14. The summed E-state index contributed by atoms with van der Waals surface area (Å²) in [5.41, 5.74) is 6.43. The lowest BCUT2D eigenvalue weighted by atomic mass is 10.1. The molecule has 0 aliphatic heterocycles. The third-order valence-electron chi connectivity index (χ3n) is 1.66.